The molecule has 0 saturated carbocycles. The second-order valence-corrected chi connectivity index (χ2v) is 6.35. The van der Waals surface area contributed by atoms with Crippen molar-refractivity contribution in [2.24, 2.45) is 10.7 Å². The van der Waals surface area contributed by atoms with Crippen LogP contribution in [0.15, 0.2) is 51.6 Å². The molecule has 0 aliphatic carbocycles. The third-order valence-electron chi connectivity index (χ3n) is 3.66. The van der Waals surface area contributed by atoms with Crippen LogP contribution >= 0.6 is 11.8 Å². The number of allylic oxidation sites excluding steroid dienone is 1. The summed E-state index contributed by atoms with van der Waals surface area (Å²) < 4.78 is 0. The van der Waals surface area contributed by atoms with Crippen LogP contribution in [0.2, 0.25) is 0 Å². The minimum Gasteiger partial charge on any atom is -0.383 e. The van der Waals surface area contributed by atoms with E-state index in [9.17, 15) is 0 Å². The summed E-state index contributed by atoms with van der Waals surface area (Å²) in [5, 5.41) is 7.41. The number of nitrogens with zero attached hydrogens (tertiary/aromatic N) is 2. The Balaban J connectivity index is 0.00000192. The Hall–Kier alpha value is -1.76. The van der Waals surface area contributed by atoms with E-state index in [1.165, 1.54) is 5.56 Å². The molecule has 0 unspecified atom stereocenters. The van der Waals surface area contributed by atoms with Gasteiger partial charge in [0.05, 0.1) is 5.69 Å². The first-order chi connectivity index (χ1) is 10.8. The lowest BCUT2D eigenvalue weighted by atomic mass is 10.1. The minimum atomic E-state index is 0. The van der Waals surface area contributed by atoms with E-state index in [-0.39, 0.29) is 1.43 Å². The molecule has 2 aliphatic rings. The molecule has 5 nitrogen and oxygen atoms in total. The van der Waals surface area contributed by atoms with Gasteiger partial charge in [-0.1, -0.05) is 30.5 Å². The van der Waals surface area contributed by atoms with Gasteiger partial charge >= 0.3 is 0 Å². The third kappa shape index (κ3) is 3.52. The standard InChI is InChI=1S/C16H21N5S.H2/c1-2-5-19-16-15(17)20-13-10-12(3-4-14(13)22-16)11-21-8-6-18-7-9-21;/h2-5,10,18,20H,1,6-9,11,17H2;1H/b19-5-;. The summed E-state index contributed by atoms with van der Waals surface area (Å²) in [6.45, 7) is 8.94. The molecule has 0 bridgehead atoms. The number of fused-ring (bicyclic) bond motifs is 1. The normalized spacial score (nSPS) is 19.1. The van der Waals surface area contributed by atoms with Crippen LogP contribution in [0.4, 0.5) is 5.69 Å². The molecule has 6 heteroatoms. The van der Waals surface area contributed by atoms with Crippen molar-refractivity contribution in [3.63, 3.8) is 0 Å². The molecular formula is C16H23N5S. The molecule has 4 N–H and O–H groups in total. The molecule has 1 fully saturated rings. The van der Waals surface area contributed by atoms with Crippen LogP contribution in [-0.2, 0) is 6.54 Å². The molecule has 118 valence electrons. The second-order valence-electron chi connectivity index (χ2n) is 5.32. The van der Waals surface area contributed by atoms with Crippen molar-refractivity contribution in [2.45, 2.75) is 11.4 Å². The number of rotatable bonds is 4. The highest BCUT2D eigenvalue weighted by Gasteiger charge is 2.17. The Morgan fingerprint density at radius 1 is 1.41 bits per heavy atom. The van der Waals surface area contributed by atoms with Gasteiger partial charge in [0.15, 0.2) is 0 Å². The second kappa shape index (κ2) is 7.00. The Kier molecular flexibility index (Phi) is 4.82. The lowest BCUT2D eigenvalue weighted by Gasteiger charge is -2.28. The van der Waals surface area contributed by atoms with Crippen LogP contribution in [0.5, 0.6) is 0 Å². The van der Waals surface area contributed by atoms with Crippen molar-refractivity contribution < 1.29 is 1.43 Å². The van der Waals surface area contributed by atoms with Crippen molar-refractivity contribution in [1.82, 2.24) is 10.2 Å². The molecule has 0 spiro atoms. The first-order valence-corrected chi connectivity index (χ1v) is 8.23. The van der Waals surface area contributed by atoms with Crippen LogP contribution in [0.25, 0.3) is 0 Å². The SMILES string of the molecule is C=C/C=N\C1=C(N)Nc2cc(CN3CCNCC3)ccc2S1.[HH]. The number of hydrogen-bond acceptors (Lipinski definition) is 6. The molecule has 1 aromatic carbocycles. The number of anilines is 1. The Labute approximate surface area is 136 Å². The largest absolute Gasteiger partial charge is 0.383 e. The molecule has 1 saturated heterocycles. The Morgan fingerprint density at radius 3 is 3.00 bits per heavy atom. The topological polar surface area (TPSA) is 65.7 Å². The van der Waals surface area contributed by atoms with E-state index in [2.05, 4.69) is 45.3 Å². The van der Waals surface area contributed by atoms with E-state index < -0.39 is 0 Å². The van der Waals surface area contributed by atoms with Gasteiger partial charge in [0.25, 0.3) is 0 Å². The van der Waals surface area contributed by atoms with E-state index in [4.69, 9.17) is 5.73 Å². The highest BCUT2D eigenvalue weighted by molar-refractivity contribution is 8.03. The average Bonchev–Trinajstić information content (AvgIpc) is 2.54. The number of piperazine rings is 1. The maximum atomic E-state index is 6.05. The first kappa shape index (κ1) is 15.1. The maximum absolute atomic E-state index is 6.05. The molecule has 1 aromatic rings. The Bertz CT molecular complexity index is 623. The fraction of sp³-hybridized carbons (Fsp3) is 0.312. The zero-order chi connectivity index (χ0) is 15.4. The van der Waals surface area contributed by atoms with E-state index >= 15 is 0 Å². The van der Waals surface area contributed by atoms with Gasteiger partial charge < -0.3 is 16.4 Å². The lowest BCUT2D eigenvalue weighted by Crippen LogP contribution is -2.42. The summed E-state index contributed by atoms with van der Waals surface area (Å²) in [5.41, 5.74) is 8.42. The van der Waals surface area contributed by atoms with Crippen molar-refractivity contribution >= 4 is 23.7 Å². The minimum absolute atomic E-state index is 0. The molecule has 0 amide bonds. The number of benzene rings is 1. The number of thioether (sulfide) groups is 1. The number of nitrogens with one attached hydrogen (secondary N) is 2. The van der Waals surface area contributed by atoms with Crippen molar-refractivity contribution in [2.75, 3.05) is 31.5 Å². The van der Waals surface area contributed by atoms with Gasteiger partial charge in [0, 0.05) is 45.3 Å². The highest BCUT2D eigenvalue weighted by Crippen LogP contribution is 2.39. The molecule has 0 atom stereocenters. The van der Waals surface area contributed by atoms with Gasteiger partial charge in [-0.15, -0.1) is 0 Å². The van der Waals surface area contributed by atoms with Crippen LogP contribution in [0, 0.1) is 0 Å². The molecular weight excluding hydrogens is 294 g/mol. The molecule has 22 heavy (non-hydrogen) atoms. The summed E-state index contributed by atoms with van der Waals surface area (Å²) in [6.07, 6.45) is 3.30. The van der Waals surface area contributed by atoms with Gasteiger partial charge in [0.2, 0.25) is 0 Å². The number of aliphatic imine (C=N–C) groups is 1. The molecule has 2 heterocycles. The smallest absolute Gasteiger partial charge is 0.141 e. The number of nitrogens with two attached hydrogens (primary N) is 1. The van der Waals surface area contributed by atoms with E-state index in [1.807, 2.05) is 0 Å². The van der Waals surface area contributed by atoms with Crippen LogP contribution in [0.1, 0.15) is 6.99 Å². The maximum Gasteiger partial charge on any atom is 0.141 e. The lowest BCUT2D eigenvalue weighted by molar-refractivity contribution is 0.233. The van der Waals surface area contributed by atoms with E-state index in [0.29, 0.717) is 5.82 Å². The van der Waals surface area contributed by atoms with E-state index in [0.717, 1.165) is 48.3 Å². The van der Waals surface area contributed by atoms with Gasteiger partial charge in [-0.3, -0.25) is 4.90 Å². The molecule has 3 rings (SSSR count). The van der Waals surface area contributed by atoms with Crippen LogP contribution in [-0.4, -0.2) is 37.3 Å². The van der Waals surface area contributed by atoms with Crippen LogP contribution in [0.3, 0.4) is 0 Å². The monoisotopic (exact) mass is 317 g/mol. The summed E-state index contributed by atoms with van der Waals surface area (Å²) >= 11 is 1.58. The Morgan fingerprint density at radius 2 is 2.23 bits per heavy atom. The van der Waals surface area contributed by atoms with Gasteiger partial charge in [-0.05, 0) is 17.7 Å². The average molecular weight is 317 g/mol. The predicted octanol–water partition coefficient (Wildman–Crippen LogP) is 2.20. The van der Waals surface area contributed by atoms with Crippen molar-refractivity contribution in [3.05, 3.63) is 47.3 Å². The summed E-state index contributed by atoms with van der Waals surface area (Å²) in [7, 11) is 0. The van der Waals surface area contributed by atoms with Gasteiger partial charge in [-0.25, -0.2) is 4.99 Å². The highest BCUT2D eigenvalue weighted by atomic mass is 32.2. The quantitative estimate of drug-likeness (QED) is 0.743. The summed E-state index contributed by atoms with van der Waals surface area (Å²) in [6, 6.07) is 6.51. The molecule has 0 radical (unpaired) electrons. The van der Waals surface area contributed by atoms with Gasteiger partial charge in [0.1, 0.15) is 10.9 Å². The van der Waals surface area contributed by atoms with Gasteiger partial charge in [-0.2, -0.15) is 0 Å². The fourth-order valence-corrected chi connectivity index (χ4v) is 3.40. The molecule has 0 aromatic heterocycles. The fourth-order valence-electron chi connectivity index (χ4n) is 2.56. The third-order valence-corrected chi connectivity index (χ3v) is 4.76. The molecule has 2 aliphatic heterocycles. The summed E-state index contributed by atoms with van der Waals surface area (Å²) in [4.78, 5) is 7.91. The summed E-state index contributed by atoms with van der Waals surface area (Å²) in [5.74, 6) is 0.593. The zero-order valence-corrected chi connectivity index (χ0v) is 13.3. The zero-order valence-electron chi connectivity index (χ0n) is 12.5. The van der Waals surface area contributed by atoms with Crippen molar-refractivity contribution in [1.29, 1.82) is 0 Å². The van der Waals surface area contributed by atoms with E-state index in [1.54, 1.807) is 24.1 Å². The number of hydrogen-bond donors (Lipinski definition) is 3. The van der Waals surface area contributed by atoms with Crippen molar-refractivity contribution in [3.8, 4) is 0 Å². The predicted molar refractivity (Wildman–Crippen MR) is 96.1 cm³/mol. The first-order valence-electron chi connectivity index (χ1n) is 7.42. The van der Waals surface area contributed by atoms with Crippen LogP contribution < -0.4 is 16.4 Å².